The first-order valence-electron chi connectivity index (χ1n) is 7.32. The zero-order valence-electron chi connectivity index (χ0n) is 13.3. The van der Waals surface area contributed by atoms with Gasteiger partial charge in [-0.25, -0.2) is 8.42 Å². The second-order valence-corrected chi connectivity index (χ2v) is 6.79. The number of methoxy groups -OCH3 is 1. The van der Waals surface area contributed by atoms with Crippen LogP contribution in [0.3, 0.4) is 0 Å². The summed E-state index contributed by atoms with van der Waals surface area (Å²) in [5.74, 6) is 0.694. The van der Waals surface area contributed by atoms with Crippen LogP contribution in [0.25, 0.3) is 0 Å². The minimum Gasteiger partial charge on any atom is -0.496 e. The quantitative estimate of drug-likeness (QED) is 0.759. The van der Waals surface area contributed by atoms with Crippen molar-refractivity contribution in [3.05, 3.63) is 23.8 Å². The molecule has 1 aromatic rings. The summed E-state index contributed by atoms with van der Waals surface area (Å²) in [6, 6.07) is 5.02. The fraction of sp³-hybridized carbons (Fsp3) is 0.600. The van der Waals surface area contributed by atoms with Crippen molar-refractivity contribution in [2.75, 3.05) is 27.2 Å². The van der Waals surface area contributed by atoms with Crippen molar-refractivity contribution in [3.8, 4) is 5.75 Å². The summed E-state index contributed by atoms with van der Waals surface area (Å²) in [6.45, 7) is 5.52. The van der Waals surface area contributed by atoms with Gasteiger partial charge in [0.2, 0.25) is 10.0 Å². The first-order valence-corrected chi connectivity index (χ1v) is 8.76. The normalized spacial score (nSPS) is 11.9. The van der Waals surface area contributed by atoms with E-state index in [4.69, 9.17) is 4.74 Å². The van der Waals surface area contributed by atoms with E-state index in [1.807, 2.05) is 14.0 Å². The van der Waals surface area contributed by atoms with Crippen molar-refractivity contribution in [2.45, 2.75) is 38.1 Å². The van der Waals surface area contributed by atoms with Crippen molar-refractivity contribution in [1.29, 1.82) is 0 Å². The van der Waals surface area contributed by atoms with Crippen molar-refractivity contribution in [3.63, 3.8) is 0 Å². The molecule has 0 aliphatic heterocycles. The second kappa shape index (κ2) is 8.36. The molecule has 0 saturated carbocycles. The third kappa shape index (κ3) is 4.43. The van der Waals surface area contributed by atoms with E-state index >= 15 is 0 Å². The van der Waals surface area contributed by atoms with Crippen LogP contribution in [0.2, 0.25) is 0 Å². The third-order valence-corrected chi connectivity index (χ3v) is 5.34. The summed E-state index contributed by atoms with van der Waals surface area (Å²) in [4.78, 5) is 0.325. The number of sulfonamides is 1. The molecule has 0 aliphatic rings. The average molecular weight is 314 g/mol. The van der Waals surface area contributed by atoms with Gasteiger partial charge in [0.25, 0.3) is 0 Å². The summed E-state index contributed by atoms with van der Waals surface area (Å²) in [7, 11) is -0.0339. The lowest BCUT2D eigenvalue weighted by atomic mass is 10.2. The first kappa shape index (κ1) is 17.9. The number of hydrogen-bond acceptors (Lipinski definition) is 4. The molecule has 1 rings (SSSR count). The largest absolute Gasteiger partial charge is 0.496 e. The van der Waals surface area contributed by atoms with E-state index in [-0.39, 0.29) is 0 Å². The number of hydrogen-bond donors (Lipinski definition) is 1. The van der Waals surface area contributed by atoms with E-state index in [2.05, 4.69) is 12.2 Å². The van der Waals surface area contributed by atoms with Gasteiger partial charge in [0.15, 0.2) is 0 Å². The van der Waals surface area contributed by atoms with Gasteiger partial charge in [-0.3, -0.25) is 0 Å². The molecule has 0 saturated heterocycles. The number of unbranched alkanes of at least 4 members (excludes halogenated alkanes) is 1. The lowest BCUT2D eigenvalue weighted by Crippen LogP contribution is -2.32. The van der Waals surface area contributed by atoms with Gasteiger partial charge >= 0.3 is 0 Å². The van der Waals surface area contributed by atoms with Crippen LogP contribution < -0.4 is 10.1 Å². The minimum absolute atomic E-state index is 0.325. The van der Waals surface area contributed by atoms with E-state index in [0.717, 1.165) is 18.4 Å². The third-order valence-electron chi connectivity index (χ3n) is 3.37. The summed E-state index contributed by atoms with van der Waals surface area (Å²) < 4.78 is 32.2. The van der Waals surface area contributed by atoms with E-state index in [9.17, 15) is 8.42 Å². The Morgan fingerprint density at radius 1 is 1.29 bits per heavy atom. The summed E-state index contributed by atoms with van der Waals surface area (Å²) in [6.07, 6.45) is 1.84. The minimum atomic E-state index is -3.44. The Morgan fingerprint density at radius 2 is 2.00 bits per heavy atom. The van der Waals surface area contributed by atoms with Crippen LogP contribution in [0.15, 0.2) is 23.1 Å². The van der Waals surface area contributed by atoms with Gasteiger partial charge in [-0.15, -0.1) is 0 Å². The molecule has 6 heteroatoms. The molecule has 1 N–H and O–H groups in total. The van der Waals surface area contributed by atoms with Gasteiger partial charge in [-0.05, 0) is 31.7 Å². The van der Waals surface area contributed by atoms with Gasteiger partial charge in [0.1, 0.15) is 5.75 Å². The lowest BCUT2D eigenvalue weighted by molar-refractivity contribution is 0.406. The highest BCUT2D eigenvalue weighted by atomic mass is 32.2. The van der Waals surface area contributed by atoms with Crippen LogP contribution >= 0.6 is 0 Å². The average Bonchev–Trinajstić information content (AvgIpc) is 2.48. The summed E-state index contributed by atoms with van der Waals surface area (Å²) >= 11 is 0. The molecular formula is C15H26N2O3S. The van der Waals surface area contributed by atoms with Crippen molar-refractivity contribution in [1.82, 2.24) is 9.62 Å². The van der Waals surface area contributed by atoms with E-state index in [1.165, 1.54) is 4.31 Å². The Bertz CT molecular complexity index is 544. The lowest BCUT2D eigenvalue weighted by Gasteiger charge is -2.21. The van der Waals surface area contributed by atoms with Crippen LogP contribution in [0, 0.1) is 0 Å². The Morgan fingerprint density at radius 3 is 2.52 bits per heavy atom. The van der Waals surface area contributed by atoms with E-state index in [0.29, 0.717) is 30.3 Å². The molecular weight excluding hydrogens is 288 g/mol. The van der Waals surface area contributed by atoms with Crippen molar-refractivity contribution >= 4 is 10.0 Å². The predicted molar refractivity (Wildman–Crippen MR) is 85.1 cm³/mol. The van der Waals surface area contributed by atoms with E-state index < -0.39 is 10.0 Å². The SMILES string of the molecule is CCCCN(CC)S(=O)(=O)c1ccc(OC)c(CNC)c1. The Balaban J connectivity index is 3.14. The molecule has 0 heterocycles. The fourth-order valence-electron chi connectivity index (χ4n) is 2.18. The summed E-state index contributed by atoms with van der Waals surface area (Å²) in [5, 5.41) is 3.03. The van der Waals surface area contributed by atoms with Gasteiger partial charge in [-0.2, -0.15) is 4.31 Å². The molecule has 0 fully saturated rings. The van der Waals surface area contributed by atoms with E-state index in [1.54, 1.807) is 25.3 Å². The van der Waals surface area contributed by atoms with Crippen molar-refractivity contribution < 1.29 is 13.2 Å². The smallest absolute Gasteiger partial charge is 0.243 e. The number of ether oxygens (including phenoxy) is 1. The van der Waals surface area contributed by atoms with Gasteiger partial charge in [0.05, 0.1) is 12.0 Å². The molecule has 5 nitrogen and oxygen atoms in total. The Kier molecular flexibility index (Phi) is 7.14. The summed E-state index contributed by atoms with van der Waals surface area (Å²) in [5.41, 5.74) is 0.840. The van der Waals surface area contributed by atoms with Crippen molar-refractivity contribution in [2.24, 2.45) is 0 Å². The highest BCUT2D eigenvalue weighted by Gasteiger charge is 2.23. The molecule has 0 atom stereocenters. The zero-order chi connectivity index (χ0) is 15.9. The number of benzene rings is 1. The van der Waals surface area contributed by atoms with Crippen LogP contribution in [-0.4, -0.2) is 40.0 Å². The van der Waals surface area contributed by atoms with Crippen LogP contribution in [0.4, 0.5) is 0 Å². The number of nitrogens with one attached hydrogen (secondary N) is 1. The molecule has 1 aromatic carbocycles. The molecule has 0 bridgehead atoms. The van der Waals surface area contributed by atoms with Crippen LogP contribution in [0.5, 0.6) is 5.75 Å². The fourth-order valence-corrected chi connectivity index (χ4v) is 3.71. The highest BCUT2D eigenvalue weighted by molar-refractivity contribution is 7.89. The molecule has 0 unspecified atom stereocenters. The Hall–Kier alpha value is -1.11. The zero-order valence-corrected chi connectivity index (χ0v) is 14.2. The molecule has 0 radical (unpaired) electrons. The maximum Gasteiger partial charge on any atom is 0.243 e. The molecule has 21 heavy (non-hydrogen) atoms. The number of nitrogens with zero attached hydrogens (tertiary/aromatic N) is 1. The molecule has 0 aliphatic carbocycles. The molecule has 120 valence electrons. The topological polar surface area (TPSA) is 58.6 Å². The Labute approximate surface area is 128 Å². The first-order chi connectivity index (χ1) is 10.0. The maximum absolute atomic E-state index is 12.7. The van der Waals surface area contributed by atoms with Crippen LogP contribution in [0.1, 0.15) is 32.3 Å². The second-order valence-electron chi connectivity index (χ2n) is 4.85. The standard InChI is InChI=1S/C15H26N2O3S/c1-5-7-10-17(6-2)21(18,19)14-8-9-15(20-4)13(11-14)12-16-3/h8-9,11,16H,5-7,10,12H2,1-4H3. The number of rotatable bonds is 9. The predicted octanol–water partition coefficient (Wildman–Crippen LogP) is 2.23. The molecule has 0 spiro atoms. The van der Waals surface area contributed by atoms with Gasteiger partial charge in [-0.1, -0.05) is 20.3 Å². The van der Waals surface area contributed by atoms with Crippen LogP contribution in [-0.2, 0) is 16.6 Å². The monoisotopic (exact) mass is 314 g/mol. The maximum atomic E-state index is 12.7. The highest BCUT2D eigenvalue weighted by Crippen LogP contribution is 2.24. The van der Waals surface area contributed by atoms with Gasteiger partial charge < -0.3 is 10.1 Å². The van der Waals surface area contributed by atoms with Gasteiger partial charge in [0, 0.05) is 25.2 Å². The molecule has 0 amide bonds. The molecule has 0 aromatic heterocycles.